The molecule has 3 aromatic heterocycles. The monoisotopic (exact) mass is 418 g/mol. The Hall–Kier alpha value is -2.26. The molecule has 0 aliphatic heterocycles. The second kappa shape index (κ2) is 6.23. The Labute approximate surface area is 156 Å². The molecule has 9 heteroatoms. The predicted molar refractivity (Wildman–Crippen MR) is 99.1 cm³/mol. The third kappa shape index (κ3) is 2.83. The van der Waals surface area contributed by atoms with E-state index in [2.05, 4.69) is 38.1 Å². The van der Waals surface area contributed by atoms with Gasteiger partial charge in [0.05, 0.1) is 17.3 Å². The summed E-state index contributed by atoms with van der Waals surface area (Å²) < 4.78 is 9.87. The van der Waals surface area contributed by atoms with Crippen LogP contribution in [0, 0.1) is 6.92 Å². The van der Waals surface area contributed by atoms with Crippen molar-refractivity contribution in [3.05, 3.63) is 45.6 Å². The van der Waals surface area contributed by atoms with Gasteiger partial charge in [-0.1, -0.05) is 11.3 Å². The molecule has 7 nitrogen and oxygen atoms in total. The minimum Gasteiger partial charge on any atom is -0.497 e. The summed E-state index contributed by atoms with van der Waals surface area (Å²) in [5.41, 5.74) is 1.89. The van der Waals surface area contributed by atoms with Crippen LogP contribution in [0.15, 0.2) is 34.9 Å². The molecule has 0 radical (unpaired) electrons. The molecule has 0 N–H and O–H groups in total. The lowest BCUT2D eigenvalue weighted by atomic mass is 10.2. The molecule has 0 saturated heterocycles. The van der Waals surface area contributed by atoms with Crippen molar-refractivity contribution in [3.63, 3.8) is 0 Å². The van der Waals surface area contributed by atoms with Crippen LogP contribution in [-0.4, -0.2) is 36.7 Å². The SMILES string of the molecule is COc1ccc(-c2nnc3sc([C@@H](C)n4cc(Br)c(C)n4)nn23)cc1. The fraction of sp³-hybridized carbons (Fsp3) is 0.250. The van der Waals surface area contributed by atoms with Gasteiger partial charge in [-0.15, -0.1) is 10.2 Å². The summed E-state index contributed by atoms with van der Waals surface area (Å²) in [6, 6.07) is 7.71. The van der Waals surface area contributed by atoms with Crippen molar-refractivity contribution in [2.24, 2.45) is 0 Å². The Morgan fingerprint density at radius 3 is 2.56 bits per heavy atom. The van der Waals surface area contributed by atoms with Gasteiger partial charge in [-0.05, 0) is 54.0 Å². The predicted octanol–water partition coefficient (Wildman–Crippen LogP) is 3.74. The van der Waals surface area contributed by atoms with Crippen LogP contribution in [0.4, 0.5) is 0 Å². The summed E-state index contributed by atoms with van der Waals surface area (Å²) >= 11 is 5.02. The molecule has 128 valence electrons. The van der Waals surface area contributed by atoms with Gasteiger partial charge in [0.25, 0.3) is 0 Å². The number of benzene rings is 1. The van der Waals surface area contributed by atoms with Gasteiger partial charge in [0, 0.05) is 11.8 Å². The minimum absolute atomic E-state index is 0.0143. The molecule has 1 aromatic carbocycles. The van der Waals surface area contributed by atoms with Crippen LogP contribution in [0.1, 0.15) is 23.7 Å². The highest BCUT2D eigenvalue weighted by Gasteiger charge is 2.19. The Morgan fingerprint density at radius 1 is 1.16 bits per heavy atom. The van der Waals surface area contributed by atoms with Crippen LogP contribution >= 0.6 is 27.3 Å². The van der Waals surface area contributed by atoms with Gasteiger partial charge in [0.15, 0.2) is 5.82 Å². The summed E-state index contributed by atoms with van der Waals surface area (Å²) in [4.78, 5) is 0.760. The second-order valence-corrected chi connectivity index (χ2v) is 7.45. The van der Waals surface area contributed by atoms with E-state index < -0.39 is 0 Å². The normalized spacial score (nSPS) is 12.6. The number of hydrogen-bond donors (Lipinski definition) is 0. The first kappa shape index (κ1) is 16.2. The van der Waals surface area contributed by atoms with Crippen molar-refractivity contribution >= 4 is 32.2 Å². The highest BCUT2D eigenvalue weighted by atomic mass is 79.9. The van der Waals surface area contributed by atoms with Crippen LogP contribution in [0.2, 0.25) is 0 Å². The first-order chi connectivity index (χ1) is 12.1. The lowest BCUT2D eigenvalue weighted by Crippen LogP contribution is -2.08. The molecule has 0 fully saturated rings. The van der Waals surface area contributed by atoms with Crippen molar-refractivity contribution < 1.29 is 4.74 Å². The van der Waals surface area contributed by atoms with E-state index in [0.29, 0.717) is 5.82 Å². The van der Waals surface area contributed by atoms with E-state index in [-0.39, 0.29) is 6.04 Å². The molecule has 4 aromatic rings. The van der Waals surface area contributed by atoms with Crippen LogP contribution in [0.5, 0.6) is 5.75 Å². The smallest absolute Gasteiger partial charge is 0.235 e. The number of fused-ring (bicyclic) bond motifs is 1. The number of nitrogens with zero attached hydrogens (tertiary/aromatic N) is 6. The largest absolute Gasteiger partial charge is 0.497 e. The summed E-state index contributed by atoms with van der Waals surface area (Å²) in [5.74, 6) is 1.52. The number of halogens is 1. The molecule has 0 aliphatic carbocycles. The molecule has 0 saturated carbocycles. The average molecular weight is 419 g/mol. The zero-order valence-corrected chi connectivity index (χ0v) is 16.2. The van der Waals surface area contributed by atoms with E-state index in [1.807, 2.05) is 42.1 Å². The molecule has 3 heterocycles. The second-order valence-electron chi connectivity index (χ2n) is 5.61. The third-order valence-corrected chi connectivity index (χ3v) is 5.81. The van der Waals surface area contributed by atoms with Gasteiger partial charge >= 0.3 is 0 Å². The van der Waals surface area contributed by atoms with Crippen LogP contribution in [0.25, 0.3) is 16.3 Å². The van der Waals surface area contributed by atoms with E-state index >= 15 is 0 Å². The fourth-order valence-electron chi connectivity index (χ4n) is 2.49. The van der Waals surface area contributed by atoms with Gasteiger partial charge in [-0.2, -0.15) is 14.7 Å². The molecule has 25 heavy (non-hydrogen) atoms. The number of aromatic nitrogens is 6. The van der Waals surface area contributed by atoms with Gasteiger partial charge in [-0.3, -0.25) is 4.68 Å². The molecule has 0 spiro atoms. The van der Waals surface area contributed by atoms with Crippen LogP contribution in [0.3, 0.4) is 0 Å². The van der Waals surface area contributed by atoms with E-state index in [0.717, 1.165) is 31.4 Å². The van der Waals surface area contributed by atoms with Crippen molar-refractivity contribution in [3.8, 4) is 17.1 Å². The number of hydrogen-bond acceptors (Lipinski definition) is 6. The molecule has 0 amide bonds. The maximum Gasteiger partial charge on any atom is 0.235 e. The molecule has 0 aliphatic rings. The lowest BCUT2D eigenvalue weighted by Gasteiger charge is -2.07. The maximum atomic E-state index is 5.20. The van der Waals surface area contributed by atoms with E-state index in [4.69, 9.17) is 9.84 Å². The van der Waals surface area contributed by atoms with Crippen LogP contribution in [-0.2, 0) is 0 Å². The Balaban J connectivity index is 1.72. The van der Waals surface area contributed by atoms with Crippen molar-refractivity contribution in [1.82, 2.24) is 29.6 Å². The molecule has 4 rings (SSSR count). The van der Waals surface area contributed by atoms with Gasteiger partial charge in [-0.25, -0.2) is 0 Å². The van der Waals surface area contributed by atoms with E-state index in [9.17, 15) is 0 Å². The molecule has 0 unspecified atom stereocenters. The molecular formula is C16H15BrN6OS. The molecular weight excluding hydrogens is 404 g/mol. The first-order valence-electron chi connectivity index (χ1n) is 7.64. The number of methoxy groups -OCH3 is 1. The Kier molecular flexibility index (Phi) is 4.04. The topological polar surface area (TPSA) is 70.1 Å². The van der Waals surface area contributed by atoms with Gasteiger partial charge < -0.3 is 4.74 Å². The molecule has 1 atom stereocenters. The van der Waals surface area contributed by atoms with E-state index in [1.165, 1.54) is 11.3 Å². The summed E-state index contributed by atoms with van der Waals surface area (Å²) in [5, 5.41) is 18.7. The first-order valence-corrected chi connectivity index (χ1v) is 9.25. The van der Waals surface area contributed by atoms with E-state index in [1.54, 1.807) is 11.6 Å². The third-order valence-electron chi connectivity index (χ3n) is 3.97. The maximum absolute atomic E-state index is 5.20. The minimum atomic E-state index is 0.0143. The average Bonchev–Trinajstić information content (AvgIpc) is 3.29. The van der Waals surface area contributed by atoms with Crippen molar-refractivity contribution in [1.29, 1.82) is 0 Å². The number of aryl methyl sites for hydroxylation is 1. The number of rotatable bonds is 4. The zero-order valence-electron chi connectivity index (χ0n) is 13.8. The Bertz CT molecular complexity index is 1020. The highest BCUT2D eigenvalue weighted by molar-refractivity contribution is 9.10. The van der Waals surface area contributed by atoms with Gasteiger partial charge in [0.2, 0.25) is 4.96 Å². The lowest BCUT2D eigenvalue weighted by molar-refractivity contribution is 0.415. The standard InChI is InChI=1S/C16H15BrN6OS/c1-9-13(17)8-22(20-9)10(2)15-21-23-14(18-19-16(23)25-15)11-4-6-12(24-3)7-5-11/h4-8,10H,1-3H3/t10-/m1/s1. The quantitative estimate of drug-likeness (QED) is 0.504. The highest BCUT2D eigenvalue weighted by Crippen LogP contribution is 2.28. The summed E-state index contributed by atoms with van der Waals surface area (Å²) in [7, 11) is 1.65. The van der Waals surface area contributed by atoms with Crippen LogP contribution < -0.4 is 4.74 Å². The van der Waals surface area contributed by atoms with Crippen molar-refractivity contribution in [2.75, 3.05) is 7.11 Å². The van der Waals surface area contributed by atoms with Gasteiger partial charge in [0.1, 0.15) is 16.8 Å². The number of ether oxygens (including phenoxy) is 1. The summed E-state index contributed by atoms with van der Waals surface area (Å²) in [6.07, 6.45) is 1.97. The fourth-order valence-corrected chi connectivity index (χ4v) is 3.66. The zero-order chi connectivity index (χ0) is 17.6. The Morgan fingerprint density at radius 2 is 1.92 bits per heavy atom. The van der Waals surface area contributed by atoms with Crippen molar-refractivity contribution in [2.45, 2.75) is 19.9 Å². The molecule has 0 bridgehead atoms. The summed E-state index contributed by atoms with van der Waals surface area (Å²) in [6.45, 7) is 4.03.